The highest BCUT2D eigenvalue weighted by molar-refractivity contribution is 7.17. The summed E-state index contributed by atoms with van der Waals surface area (Å²) in [6, 6.07) is 8.20. The van der Waals surface area contributed by atoms with Gasteiger partial charge in [-0.15, -0.1) is 0 Å². The highest BCUT2D eigenvalue weighted by Crippen LogP contribution is 2.33. The minimum absolute atomic E-state index is 0.0200. The van der Waals surface area contributed by atoms with E-state index in [4.69, 9.17) is 4.42 Å². The second kappa shape index (κ2) is 8.34. The number of Topliss-reactive ketones (excluding diaryl/α,β-unsaturated/α-hetero) is 1. The molecular formula is C22H23N5O4S. The van der Waals surface area contributed by atoms with Crippen LogP contribution in [0, 0.1) is 5.92 Å². The van der Waals surface area contributed by atoms with Gasteiger partial charge >= 0.3 is 0 Å². The number of fused-ring (bicyclic) bond motifs is 2. The van der Waals surface area contributed by atoms with Crippen molar-refractivity contribution in [1.82, 2.24) is 14.9 Å². The smallest absolute Gasteiger partial charge is 0.298 e. The molecule has 3 heterocycles. The molecule has 1 fully saturated rings. The van der Waals surface area contributed by atoms with Crippen molar-refractivity contribution in [3.63, 3.8) is 0 Å². The maximum Gasteiger partial charge on any atom is 0.298 e. The van der Waals surface area contributed by atoms with Crippen LogP contribution in [0.3, 0.4) is 0 Å². The molecule has 1 saturated heterocycles. The maximum atomic E-state index is 13.1. The first kappa shape index (κ1) is 20.6. The number of carbonyl (C=O) groups excluding carboxylic acids is 3. The number of amides is 2. The van der Waals surface area contributed by atoms with Gasteiger partial charge in [0, 0.05) is 45.4 Å². The molecule has 10 heteroatoms. The first-order valence-electron chi connectivity index (χ1n) is 10.7. The zero-order valence-electron chi connectivity index (χ0n) is 17.7. The summed E-state index contributed by atoms with van der Waals surface area (Å²) in [5, 5.41) is 3.13. The number of nitrogens with one attached hydrogen (secondary N) is 1. The van der Waals surface area contributed by atoms with E-state index in [1.807, 2.05) is 34.1 Å². The number of rotatable bonds is 4. The molecule has 2 aromatic heterocycles. The van der Waals surface area contributed by atoms with Gasteiger partial charge in [-0.1, -0.05) is 30.4 Å². The Hall–Kier alpha value is -3.27. The van der Waals surface area contributed by atoms with Crippen LogP contribution in [-0.2, 0) is 16.0 Å². The molecule has 1 atom stereocenters. The average Bonchev–Trinajstić information content (AvgIpc) is 3.42. The SMILES string of the molecule is CCC(=O)Nc1nc2c(s1)C(=O)CC(C(=O)N1CCN(c3nc4ccccc4o3)CC1)C2. The summed E-state index contributed by atoms with van der Waals surface area (Å²) in [5.41, 5.74) is 2.17. The Morgan fingerprint density at radius 1 is 1.16 bits per heavy atom. The minimum Gasteiger partial charge on any atom is -0.423 e. The third-order valence-electron chi connectivity index (χ3n) is 5.88. The number of oxazole rings is 1. The van der Waals surface area contributed by atoms with Crippen LogP contribution in [0.4, 0.5) is 11.1 Å². The first-order chi connectivity index (χ1) is 15.5. The number of para-hydroxylation sites is 2. The third kappa shape index (κ3) is 3.86. The minimum atomic E-state index is -0.414. The van der Waals surface area contributed by atoms with Gasteiger partial charge in [-0.05, 0) is 12.1 Å². The Kier molecular flexibility index (Phi) is 5.38. The molecule has 1 N–H and O–H groups in total. The highest BCUT2D eigenvalue weighted by atomic mass is 32.1. The Balaban J connectivity index is 1.23. The van der Waals surface area contributed by atoms with E-state index < -0.39 is 5.92 Å². The molecule has 2 aliphatic rings. The van der Waals surface area contributed by atoms with Crippen LogP contribution < -0.4 is 10.2 Å². The summed E-state index contributed by atoms with van der Waals surface area (Å²) >= 11 is 1.19. The maximum absolute atomic E-state index is 13.1. The molecule has 3 aromatic rings. The molecule has 0 saturated carbocycles. The molecule has 0 radical (unpaired) electrons. The van der Waals surface area contributed by atoms with E-state index in [0.717, 1.165) is 11.1 Å². The Labute approximate surface area is 188 Å². The quantitative estimate of drug-likeness (QED) is 0.647. The molecule has 5 rings (SSSR count). The lowest BCUT2D eigenvalue weighted by molar-refractivity contribution is -0.136. The molecule has 1 aliphatic heterocycles. The molecule has 9 nitrogen and oxygen atoms in total. The number of benzene rings is 1. The Morgan fingerprint density at radius 3 is 2.69 bits per heavy atom. The summed E-state index contributed by atoms with van der Waals surface area (Å²) in [6.07, 6.45) is 0.944. The van der Waals surface area contributed by atoms with Crippen molar-refractivity contribution in [1.29, 1.82) is 0 Å². The second-order valence-electron chi connectivity index (χ2n) is 8.00. The van der Waals surface area contributed by atoms with Crippen molar-refractivity contribution in [2.45, 2.75) is 26.2 Å². The fourth-order valence-electron chi connectivity index (χ4n) is 4.14. The monoisotopic (exact) mass is 453 g/mol. The number of anilines is 2. The van der Waals surface area contributed by atoms with Crippen molar-refractivity contribution < 1.29 is 18.8 Å². The lowest BCUT2D eigenvalue weighted by Gasteiger charge is -2.36. The molecule has 32 heavy (non-hydrogen) atoms. The van der Waals surface area contributed by atoms with Crippen LogP contribution in [0.5, 0.6) is 0 Å². The zero-order valence-corrected chi connectivity index (χ0v) is 18.5. The van der Waals surface area contributed by atoms with E-state index in [9.17, 15) is 14.4 Å². The van der Waals surface area contributed by atoms with Crippen LogP contribution >= 0.6 is 11.3 Å². The number of nitrogens with zero attached hydrogens (tertiary/aromatic N) is 4. The summed E-state index contributed by atoms with van der Waals surface area (Å²) in [6.45, 7) is 4.09. The van der Waals surface area contributed by atoms with Gasteiger partial charge in [0.15, 0.2) is 16.5 Å². The number of hydrogen-bond acceptors (Lipinski definition) is 8. The van der Waals surface area contributed by atoms with Crippen molar-refractivity contribution in [2.24, 2.45) is 5.92 Å². The normalized spacial score (nSPS) is 18.7. The van der Waals surface area contributed by atoms with Gasteiger partial charge in [-0.2, -0.15) is 4.98 Å². The molecule has 1 unspecified atom stereocenters. The van der Waals surface area contributed by atoms with E-state index in [2.05, 4.69) is 15.3 Å². The fourth-order valence-corrected chi connectivity index (χ4v) is 5.10. The van der Waals surface area contributed by atoms with Crippen molar-refractivity contribution in [2.75, 3.05) is 36.4 Å². The number of thiazole rings is 1. The van der Waals surface area contributed by atoms with Crippen molar-refractivity contribution in [3.05, 3.63) is 34.8 Å². The number of hydrogen-bond donors (Lipinski definition) is 1. The van der Waals surface area contributed by atoms with Gasteiger partial charge in [-0.25, -0.2) is 4.98 Å². The first-order valence-corrected chi connectivity index (χ1v) is 11.6. The predicted octanol–water partition coefficient (Wildman–Crippen LogP) is 2.73. The van der Waals surface area contributed by atoms with Gasteiger partial charge in [0.25, 0.3) is 6.01 Å². The largest absolute Gasteiger partial charge is 0.423 e. The summed E-state index contributed by atoms with van der Waals surface area (Å²) in [4.78, 5) is 50.8. The topological polar surface area (TPSA) is 109 Å². The van der Waals surface area contributed by atoms with Crippen molar-refractivity contribution >= 4 is 51.2 Å². The van der Waals surface area contributed by atoms with E-state index in [0.29, 0.717) is 60.7 Å². The van der Waals surface area contributed by atoms with Crippen molar-refractivity contribution in [3.8, 4) is 0 Å². The molecule has 1 aliphatic carbocycles. The average molecular weight is 454 g/mol. The molecule has 0 spiro atoms. The molecular weight excluding hydrogens is 430 g/mol. The van der Waals surface area contributed by atoms with E-state index in [-0.39, 0.29) is 24.0 Å². The van der Waals surface area contributed by atoms with Gasteiger partial charge < -0.3 is 19.5 Å². The van der Waals surface area contributed by atoms with Gasteiger partial charge in [0.1, 0.15) is 5.52 Å². The van der Waals surface area contributed by atoms with Crippen LogP contribution in [0.25, 0.3) is 11.1 Å². The standard InChI is InChI=1S/C22H23N5O4S/c1-2-18(29)25-21-23-15-11-13(12-16(28)19(15)32-21)20(30)26-7-9-27(10-8-26)22-24-14-5-3-4-6-17(14)31-22/h3-6,13H,2,7-12H2,1H3,(H,23,25,29). The predicted molar refractivity (Wildman–Crippen MR) is 120 cm³/mol. The Bertz CT molecular complexity index is 1160. The summed E-state index contributed by atoms with van der Waals surface area (Å²) in [7, 11) is 0. The summed E-state index contributed by atoms with van der Waals surface area (Å²) in [5.74, 6) is -0.659. The summed E-state index contributed by atoms with van der Waals surface area (Å²) < 4.78 is 5.84. The molecule has 2 amide bonds. The lowest BCUT2D eigenvalue weighted by atomic mass is 9.88. The second-order valence-corrected chi connectivity index (χ2v) is 9.00. The molecule has 0 bridgehead atoms. The van der Waals surface area contributed by atoms with Crippen LogP contribution in [-0.4, -0.2) is 58.6 Å². The van der Waals surface area contributed by atoms with Crippen LogP contribution in [0.15, 0.2) is 28.7 Å². The van der Waals surface area contributed by atoms with Gasteiger partial charge in [0.2, 0.25) is 11.8 Å². The number of ketones is 1. The zero-order chi connectivity index (χ0) is 22.2. The number of piperazine rings is 1. The van der Waals surface area contributed by atoms with Crippen LogP contribution in [0.1, 0.15) is 35.1 Å². The third-order valence-corrected chi connectivity index (χ3v) is 6.94. The molecule has 166 valence electrons. The van der Waals surface area contributed by atoms with E-state index in [1.54, 1.807) is 6.92 Å². The molecule has 1 aromatic carbocycles. The van der Waals surface area contributed by atoms with E-state index >= 15 is 0 Å². The fraction of sp³-hybridized carbons (Fsp3) is 0.409. The van der Waals surface area contributed by atoms with Gasteiger partial charge in [-0.3, -0.25) is 14.4 Å². The Morgan fingerprint density at radius 2 is 1.94 bits per heavy atom. The van der Waals surface area contributed by atoms with Gasteiger partial charge in [0.05, 0.1) is 16.5 Å². The van der Waals surface area contributed by atoms with E-state index in [1.165, 1.54) is 11.3 Å². The number of carbonyl (C=O) groups is 3. The lowest BCUT2D eigenvalue weighted by Crippen LogP contribution is -2.51. The number of aromatic nitrogens is 2. The van der Waals surface area contributed by atoms with Crippen LogP contribution in [0.2, 0.25) is 0 Å². The highest BCUT2D eigenvalue weighted by Gasteiger charge is 2.36.